The highest BCUT2D eigenvalue weighted by atomic mass is 16.3. The van der Waals surface area contributed by atoms with Crippen LogP contribution in [0.25, 0.3) is 0 Å². The maximum Gasteiger partial charge on any atom is 0.237 e. The van der Waals surface area contributed by atoms with Gasteiger partial charge in [0.2, 0.25) is 5.91 Å². The molecule has 1 rings (SSSR count). The molecule has 1 amide bonds. The van der Waals surface area contributed by atoms with Gasteiger partial charge in [-0.2, -0.15) is 0 Å². The van der Waals surface area contributed by atoms with Crippen LogP contribution in [-0.4, -0.2) is 29.7 Å². The average molecular weight is 264 g/mol. The summed E-state index contributed by atoms with van der Waals surface area (Å²) in [5.74, 6) is -0.195. The summed E-state index contributed by atoms with van der Waals surface area (Å²) in [5, 5.41) is 12.0. The molecule has 4 nitrogen and oxygen atoms in total. The fourth-order valence-electron chi connectivity index (χ4n) is 1.93. The number of aliphatic hydroxyl groups excluding tert-OH is 1. The Bertz CT molecular complexity index is 368. The van der Waals surface area contributed by atoms with Crippen LogP contribution in [0.1, 0.15) is 31.7 Å². The van der Waals surface area contributed by atoms with Crippen LogP contribution in [0, 0.1) is 0 Å². The Kier molecular flexibility index (Phi) is 7.15. The molecule has 1 aromatic carbocycles. The summed E-state index contributed by atoms with van der Waals surface area (Å²) in [6.45, 7) is 2.04. The number of carbonyl (C=O) groups excluding carboxylic acids is 1. The van der Waals surface area contributed by atoms with Gasteiger partial charge in [0.05, 0.1) is 18.7 Å². The van der Waals surface area contributed by atoms with Crippen molar-refractivity contribution < 1.29 is 9.90 Å². The molecule has 1 unspecified atom stereocenters. The van der Waals surface area contributed by atoms with E-state index in [0.717, 1.165) is 24.8 Å². The first-order chi connectivity index (χ1) is 9.17. The lowest BCUT2D eigenvalue weighted by atomic mass is 10.1. The second kappa shape index (κ2) is 8.67. The Hall–Kier alpha value is -1.39. The molecule has 0 saturated heterocycles. The molecule has 106 valence electrons. The Morgan fingerprint density at radius 3 is 2.63 bits per heavy atom. The van der Waals surface area contributed by atoms with Crippen LogP contribution in [0.4, 0.5) is 0 Å². The number of unbranched alkanes of at least 4 members (excludes halogenated alkanes) is 1. The molecule has 19 heavy (non-hydrogen) atoms. The minimum atomic E-state index is -0.571. The Labute approximate surface area is 115 Å². The van der Waals surface area contributed by atoms with E-state index in [1.165, 1.54) is 0 Å². The SMILES string of the molecule is CCCCC(CO)NC(=O)[C@@H](N)Cc1ccccc1. The van der Waals surface area contributed by atoms with Crippen LogP contribution in [0.5, 0.6) is 0 Å². The van der Waals surface area contributed by atoms with Crippen molar-refractivity contribution >= 4 is 5.91 Å². The molecule has 0 heterocycles. The molecule has 0 fully saturated rings. The summed E-state index contributed by atoms with van der Waals surface area (Å²) >= 11 is 0. The van der Waals surface area contributed by atoms with Crippen LogP contribution in [0.15, 0.2) is 30.3 Å². The lowest BCUT2D eigenvalue weighted by Crippen LogP contribution is -2.47. The number of hydrogen-bond donors (Lipinski definition) is 3. The fourth-order valence-corrected chi connectivity index (χ4v) is 1.93. The molecule has 1 aromatic rings. The number of amides is 1. The molecule has 0 saturated carbocycles. The summed E-state index contributed by atoms with van der Waals surface area (Å²) in [6, 6.07) is 8.94. The number of carbonyl (C=O) groups is 1. The highest BCUT2D eigenvalue weighted by Gasteiger charge is 2.17. The van der Waals surface area contributed by atoms with Gasteiger partial charge in [-0.1, -0.05) is 50.1 Å². The largest absolute Gasteiger partial charge is 0.394 e. The molecule has 0 aliphatic heterocycles. The highest BCUT2D eigenvalue weighted by molar-refractivity contribution is 5.82. The van der Waals surface area contributed by atoms with Crippen LogP contribution < -0.4 is 11.1 Å². The first-order valence-electron chi connectivity index (χ1n) is 6.88. The van der Waals surface area contributed by atoms with Crippen molar-refractivity contribution in [1.82, 2.24) is 5.32 Å². The second-order valence-electron chi connectivity index (χ2n) is 4.83. The molecular formula is C15H24N2O2. The summed E-state index contributed by atoms with van der Waals surface area (Å²) < 4.78 is 0. The van der Waals surface area contributed by atoms with Crippen LogP contribution in [0.2, 0.25) is 0 Å². The predicted molar refractivity (Wildman–Crippen MR) is 76.7 cm³/mol. The minimum Gasteiger partial charge on any atom is -0.394 e. The number of benzene rings is 1. The van der Waals surface area contributed by atoms with E-state index in [2.05, 4.69) is 12.2 Å². The second-order valence-corrected chi connectivity index (χ2v) is 4.83. The molecule has 0 aromatic heterocycles. The zero-order valence-electron chi connectivity index (χ0n) is 11.5. The normalized spacial score (nSPS) is 13.8. The number of nitrogens with one attached hydrogen (secondary N) is 1. The monoisotopic (exact) mass is 264 g/mol. The number of hydrogen-bond acceptors (Lipinski definition) is 3. The van der Waals surface area contributed by atoms with E-state index in [4.69, 9.17) is 5.73 Å². The van der Waals surface area contributed by atoms with Gasteiger partial charge in [0.25, 0.3) is 0 Å². The van der Waals surface area contributed by atoms with Gasteiger partial charge in [0.1, 0.15) is 0 Å². The molecule has 0 aliphatic carbocycles. The van der Waals surface area contributed by atoms with Crippen molar-refractivity contribution in [3.05, 3.63) is 35.9 Å². The van der Waals surface area contributed by atoms with Gasteiger partial charge in [0.15, 0.2) is 0 Å². The maximum atomic E-state index is 11.9. The number of aliphatic hydroxyl groups is 1. The van der Waals surface area contributed by atoms with E-state index < -0.39 is 6.04 Å². The Morgan fingerprint density at radius 1 is 1.37 bits per heavy atom. The van der Waals surface area contributed by atoms with Gasteiger partial charge in [-0.3, -0.25) is 4.79 Å². The summed E-state index contributed by atoms with van der Waals surface area (Å²) in [5.41, 5.74) is 6.93. The lowest BCUT2D eigenvalue weighted by molar-refractivity contribution is -0.123. The molecule has 4 heteroatoms. The van der Waals surface area contributed by atoms with Crippen molar-refractivity contribution in [2.24, 2.45) is 5.73 Å². The highest BCUT2D eigenvalue weighted by Crippen LogP contribution is 2.04. The standard InChI is InChI=1S/C15H24N2O2/c1-2-3-9-13(11-18)17-15(19)14(16)10-12-7-5-4-6-8-12/h4-8,13-14,18H,2-3,9-11,16H2,1H3,(H,17,19)/t13?,14-/m0/s1. The van der Waals surface area contributed by atoms with Crippen LogP contribution in [0.3, 0.4) is 0 Å². The zero-order chi connectivity index (χ0) is 14.1. The van der Waals surface area contributed by atoms with Gasteiger partial charge >= 0.3 is 0 Å². The average Bonchev–Trinajstić information content (AvgIpc) is 2.44. The summed E-state index contributed by atoms with van der Waals surface area (Å²) in [6.07, 6.45) is 3.33. The third kappa shape index (κ3) is 5.85. The zero-order valence-corrected chi connectivity index (χ0v) is 11.5. The van der Waals surface area contributed by atoms with E-state index in [1.54, 1.807) is 0 Å². The first kappa shape index (κ1) is 15.7. The number of rotatable bonds is 8. The molecule has 4 N–H and O–H groups in total. The predicted octanol–water partition coefficient (Wildman–Crippen LogP) is 1.22. The van der Waals surface area contributed by atoms with Crippen LogP contribution in [-0.2, 0) is 11.2 Å². The molecule has 0 radical (unpaired) electrons. The molecular weight excluding hydrogens is 240 g/mol. The van der Waals surface area contributed by atoms with Crippen molar-refractivity contribution in [2.75, 3.05) is 6.61 Å². The van der Waals surface area contributed by atoms with Crippen molar-refractivity contribution in [1.29, 1.82) is 0 Å². The smallest absolute Gasteiger partial charge is 0.237 e. The van der Waals surface area contributed by atoms with Gasteiger partial charge in [0, 0.05) is 0 Å². The molecule has 0 aliphatic rings. The summed E-state index contributed by atoms with van der Waals surface area (Å²) in [7, 11) is 0. The van der Waals surface area contributed by atoms with Gasteiger partial charge < -0.3 is 16.2 Å². The third-order valence-corrected chi connectivity index (χ3v) is 3.11. The van der Waals surface area contributed by atoms with Gasteiger partial charge in [-0.25, -0.2) is 0 Å². The summed E-state index contributed by atoms with van der Waals surface area (Å²) in [4.78, 5) is 11.9. The van der Waals surface area contributed by atoms with Crippen molar-refractivity contribution in [3.63, 3.8) is 0 Å². The minimum absolute atomic E-state index is 0.0379. The van der Waals surface area contributed by atoms with Gasteiger partial charge in [-0.05, 0) is 18.4 Å². The van der Waals surface area contributed by atoms with Crippen LogP contribution >= 0.6 is 0 Å². The van der Waals surface area contributed by atoms with Gasteiger partial charge in [-0.15, -0.1) is 0 Å². The quantitative estimate of drug-likeness (QED) is 0.661. The fraction of sp³-hybridized carbons (Fsp3) is 0.533. The lowest BCUT2D eigenvalue weighted by Gasteiger charge is -2.19. The van der Waals surface area contributed by atoms with Crippen molar-refractivity contribution in [3.8, 4) is 0 Å². The third-order valence-electron chi connectivity index (χ3n) is 3.11. The van der Waals surface area contributed by atoms with E-state index in [0.29, 0.717) is 6.42 Å². The van der Waals surface area contributed by atoms with E-state index in [9.17, 15) is 9.90 Å². The molecule has 0 spiro atoms. The van der Waals surface area contributed by atoms with Crippen molar-refractivity contribution in [2.45, 2.75) is 44.7 Å². The Balaban J connectivity index is 2.43. The van der Waals surface area contributed by atoms with E-state index in [-0.39, 0.29) is 18.6 Å². The van der Waals surface area contributed by atoms with E-state index >= 15 is 0 Å². The molecule has 2 atom stereocenters. The molecule has 0 bridgehead atoms. The topological polar surface area (TPSA) is 75.3 Å². The first-order valence-corrected chi connectivity index (χ1v) is 6.88. The Morgan fingerprint density at radius 2 is 2.05 bits per heavy atom. The maximum absolute atomic E-state index is 11.9. The van der Waals surface area contributed by atoms with E-state index in [1.807, 2.05) is 30.3 Å². The number of nitrogens with two attached hydrogens (primary N) is 1.